The molecule has 0 saturated heterocycles. The third kappa shape index (κ3) is 2.32. The number of fused-ring (bicyclic) bond motifs is 6. The molecule has 0 radical (unpaired) electrons. The van der Waals surface area contributed by atoms with Gasteiger partial charge in [-0.2, -0.15) is 0 Å². The number of hydrogen-bond acceptors (Lipinski definition) is 3. The van der Waals surface area contributed by atoms with E-state index in [-0.39, 0.29) is 0 Å². The van der Waals surface area contributed by atoms with Gasteiger partial charge in [-0.1, -0.05) is 42.5 Å². The lowest BCUT2D eigenvalue weighted by molar-refractivity contribution is 0.669. The Morgan fingerprint density at radius 1 is 0.556 bits per heavy atom. The van der Waals surface area contributed by atoms with Gasteiger partial charge in [-0.3, -0.25) is 0 Å². The largest absolute Gasteiger partial charge is 0.456 e. The van der Waals surface area contributed by atoms with Gasteiger partial charge in [0, 0.05) is 48.4 Å². The SMILES string of the molecule is c1ccc2c(c1)oc1cc(Nc3ccc4c(c3)sc3ccccc34)ccc12. The molecule has 3 heteroatoms. The van der Waals surface area contributed by atoms with Crippen molar-refractivity contribution in [2.75, 3.05) is 5.32 Å². The molecule has 0 bridgehead atoms. The number of para-hydroxylation sites is 1. The van der Waals surface area contributed by atoms with Gasteiger partial charge in [0.2, 0.25) is 0 Å². The molecular formula is C24H15NOS. The fraction of sp³-hybridized carbons (Fsp3) is 0. The summed E-state index contributed by atoms with van der Waals surface area (Å²) >= 11 is 1.83. The van der Waals surface area contributed by atoms with Gasteiger partial charge < -0.3 is 9.73 Å². The van der Waals surface area contributed by atoms with Gasteiger partial charge in [0.15, 0.2) is 0 Å². The van der Waals surface area contributed by atoms with Crippen molar-refractivity contribution < 1.29 is 4.42 Å². The van der Waals surface area contributed by atoms with Crippen molar-refractivity contribution in [1.29, 1.82) is 0 Å². The van der Waals surface area contributed by atoms with E-state index in [2.05, 4.69) is 72.0 Å². The number of thiophene rings is 1. The van der Waals surface area contributed by atoms with Crippen molar-refractivity contribution in [3.63, 3.8) is 0 Å². The van der Waals surface area contributed by atoms with Gasteiger partial charge >= 0.3 is 0 Å². The Bertz CT molecular complexity index is 1350. The minimum absolute atomic E-state index is 0.907. The van der Waals surface area contributed by atoms with Crippen molar-refractivity contribution in [3.8, 4) is 0 Å². The standard InChI is InChI=1S/C24H15NOS/c1-3-7-21-17(5-1)18-11-9-15(13-22(18)26-21)25-16-10-12-20-19-6-2-4-8-23(19)27-24(20)14-16/h1-14,25H. The maximum Gasteiger partial charge on any atom is 0.137 e. The zero-order chi connectivity index (χ0) is 17.8. The van der Waals surface area contributed by atoms with Crippen LogP contribution in [-0.2, 0) is 0 Å². The molecule has 6 rings (SSSR count). The van der Waals surface area contributed by atoms with Crippen LogP contribution in [0.5, 0.6) is 0 Å². The lowest BCUT2D eigenvalue weighted by Gasteiger charge is -2.06. The first-order chi connectivity index (χ1) is 13.3. The van der Waals surface area contributed by atoms with Crippen LogP contribution in [0.2, 0.25) is 0 Å². The summed E-state index contributed by atoms with van der Waals surface area (Å²) < 4.78 is 8.63. The van der Waals surface area contributed by atoms with E-state index in [4.69, 9.17) is 4.42 Å². The average Bonchev–Trinajstić information content (AvgIpc) is 3.25. The van der Waals surface area contributed by atoms with Crippen LogP contribution in [-0.4, -0.2) is 0 Å². The molecule has 0 amide bonds. The van der Waals surface area contributed by atoms with Crippen molar-refractivity contribution in [2.24, 2.45) is 0 Å². The van der Waals surface area contributed by atoms with Gasteiger partial charge in [-0.05, 0) is 36.4 Å². The highest BCUT2D eigenvalue weighted by atomic mass is 32.1. The normalized spacial score (nSPS) is 11.7. The van der Waals surface area contributed by atoms with Crippen molar-refractivity contribution in [2.45, 2.75) is 0 Å². The summed E-state index contributed by atoms with van der Waals surface area (Å²) in [5.41, 5.74) is 3.95. The van der Waals surface area contributed by atoms with Gasteiger partial charge in [0.1, 0.15) is 11.2 Å². The van der Waals surface area contributed by atoms with Gasteiger partial charge in [-0.25, -0.2) is 0 Å². The Hall–Kier alpha value is -3.30. The topological polar surface area (TPSA) is 25.2 Å². The van der Waals surface area contributed by atoms with Crippen LogP contribution in [0.25, 0.3) is 42.1 Å². The summed E-state index contributed by atoms with van der Waals surface area (Å²) in [7, 11) is 0. The Morgan fingerprint density at radius 2 is 1.22 bits per heavy atom. The highest BCUT2D eigenvalue weighted by Gasteiger charge is 2.08. The second kappa shape index (κ2) is 5.60. The molecule has 0 aliphatic carbocycles. The molecule has 2 nitrogen and oxygen atoms in total. The molecule has 6 aromatic rings. The summed E-state index contributed by atoms with van der Waals surface area (Å²) in [6.07, 6.45) is 0. The molecule has 2 heterocycles. The number of rotatable bonds is 2. The Morgan fingerprint density at radius 3 is 2.15 bits per heavy atom. The lowest BCUT2D eigenvalue weighted by Crippen LogP contribution is -1.89. The van der Waals surface area contributed by atoms with Crippen LogP contribution in [0.3, 0.4) is 0 Å². The van der Waals surface area contributed by atoms with E-state index in [1.54, 1.807) is 0 Å². The van der Waals surface area contributed by atoms with Crippen LogP contribution in [0, 0.1) is 0 Å². The second-order valence-corrected chi connectivity index (χ2v) is 7.83. The molecule has 0 unspecified atom stereocenters. The molecule has 0 saturated carbocycles. The third-order valence-electron chi connectivity index (χ3n) is 5.05. The molecule has 0 aliphatic rings. The quantitative estimate of drug-likeness (QED) is 0.340. The van der Waals surface area contributed by atoms with Crippen LogP contribution in [0.1, 0.15) is 0 Å². The van der Waals surface area contributed by atoms with E-state index < -0.39 is 0 Å². The van der Waals surface area contributed by atoms with E-state index in [1.807, 2.05) is 29.5 Å². The van der Waals surface area contributed by atoms with Crippen molar-refractivity contribution in [1.82, 2.24) is 0 Å². The zero-order valence-electron chi connectivity index (χ0n) is 14.4. The van der Waals surface area contributed by atoms with Crippen molar-refractivity contribution in [3.05, 3.63) is 84.9 Å². The Labute approximate surface area is 159 Å². The predicted molar refractivity (Wildman–Crippen MR) is 116 cm³/mol. The van der Waals surface area contributed by atoms with Crippen LogP contribution < -0.4 is 5.32 Å². The molecule has 27 heavy (non-hydrogen) atoms. The number of anilines is 2. The third-order valence-corrected chi connectivity index (χ3v) is 6.18. The van der Waals surface area contributed by atoms with Crippen LogP contribution in [0.15, 0.2) is 89.3 Å². The van der Waals surface area contributed by atoms with Crippen molar-refractivity contribution >= 4 is 64.8 Å². The van der Waals surface area contributed by atoms with E-state index in [0.29, 0.717) is 0 Å². The molecule has 4 aromatic carbocycles. The molecule has 0 aliphatic heterocycles. The van der Waals surface area contributed by atoms with E-state index >= 15 is 0 Å². The number of nitrogens with one attached hydrogen (secondary N) is 1. The van der Waals surface area contributed by atoms with E-state index in [1.165, 1.54) is 20.2 Å². The highest BCUT2D eigenvalue weighted by Crippen LogP contribution is 2.36. The molecule has 0 fully saturated rings. The maximum absolute atomic E-state index is 6.00. The highest BCUT2D eigenvalue weighted by molar-refractivity contribution is 7.25. The fourth-order valence-corrected chi connectivity index (χ4v) is 4.92. The van der Waals surface area contributed by atoms with E-state index in [9.17, 15) is 0 Å². The fourth-order valence-electron chi connectivity index (χ4n) is 3.77. The summed E-state index contributed by atoms with van der Waals surface area (Å²) in [6, 6.07) is 29.6. The molecule has 2 aromatic heterocycles. The van der Waals surface area contributed by atoms with E-state index in [0.717, 1.165) is 33.3 Å². The first-order valence-corrected chi connectivity index (χ1v) is 9.76. The van der Waals surface area contributed by atoms with Crippen LogP contribution in [0.4, 0.5) is 11.4 Å². The molecule has 128 valence electrons. The first kappa shape index (κ1) is 14.8. The predicted octanol–water partition coefficient (Wildman–Crippen LogP) is 7.70. The summed E-state index contributed by atoms with van der Waals surface area (Å²) in [5, 5.41) is 8.47. The number of benzene rings is 4. The number of hydrogen-bond donors (Lipinski definition) is 1. The minimum Gasteiger partial charge on any atom is -0.456 e. The Kier molecular flexibility index (Phi) is 3.07. The average molecular weight is 365 g/mol. The zero-order valence-corrected chi connectivity index (χ0v) is 15.2. The second-order valence-electron chi connectivity index (χ2n) is 6.74. The number of furan rings is 1. The molecule has 0 spiro atoms. The van der Waals surface area contributed by atoms with Crippen LogP contribution >= 0.6 is 11.3 Å². The smallest absolute Gasteiger partial charge is 0.137 e. The molecule has 1 N–H and O–H groups in total. The maximum atomic E-state index is 6.00. The van der Waals surface area contributed by atoms with Gasteiger partial charge in [0.25, 0.3) is 0 Å². The summed E-state index contributed by atoms with van der Waals surface area (Å²) in [6.45, 7) is 0. The molecular weight excluding hydrogens is 350 g/mol. The van der Waals surface area contributed by atoms with Gasteiger partial charge in [0.05, 0.1) is 0 Å². The summed E-state index contributed by atoms with van der Waals surface area (Å²) in [5.74, 6) is 0. The molecule has 0 atom stereocenters. The monoisotopic (exact) mass is 365 g/mol. The minimum atomic E-state index is 0.907. The Balaban J connectivity index is 1.42. The first-order valence-electron chi connectivity index (χ1n) is 8.95. The lowest BCUT2D eigenvalue weighted by atomic mass is 10.1. The van der Waals surface area contributed by atoms with Gasteiger partial charge in [-0.15, -0.1) is 11.3 Å². The summed E-state index contributed by atoms with van der Waals surface area (Å²) in [4.78, 5) is 0.